The van der Waals surface area contributed by atoms with Gasteiger partial charge in [0, 0.05) is 35.8 Å². The Morgan fingerprint density at radius 1 is 1.21 bits per heavy atom. The SMILES string of the molecule is Cc1ccnc2c1ccn2C1CC(Oc2cccc3c2CC(N)CO3)C(O)C1O. The molecule has 1 aromatic carbocycles. The molecule has 3 aromatic rings. The third kappa shape index (κ3) is 3.06. The van der Waals surface area contributed by atoms with Crippen molar-refractivity contribution in [3.8, 4) is 11.5 Å². The molecule has 0 amide bonds. The number of aliphatic hydroxyl groups is 2. The maximum absolute atomic E-state index is 10.8. The number of benzene rings is 1. The highest BCUT2D eigenvalue weighted by Gasteiger charge is 2.44. The minimum atomic E-state index is -1.00. The largest absolute Gasteiger partial charge is 0.492 e. The number of hydrogen-bond donors (Lipinski definition) is 3. The predicted octanol–water partition coefficient (Wildman–Crippen LogP) is 1.72. The third-order valence-electron chi connectivity index (χ3n) is 6.08. The summed E-state index contributed by atoms with van der Waals surface area (Å²) in [6.45, 7) is 2.52. The molecule has 1 aliphatic heterocycles. The smallest absolute Gasteiger partial charge is 0.140 e. The maximum Gasteiger partial charge on any atom is 0.140 e. The van der Waals surface area contributed by atoms with Crippen LogP contribution in [0.1, 0.15) is 23.6 Å². The summed E-state index contributed by atoms with van der Waals surface area (Å²) in [5.41, 5.74) is 8.89. The van der Waals surface area contributed by atoms with Gasteiger partial charge in [0.25, 0.3) is 0 Å². The van der Waals surface area contributed by atoms with Crippen LogP contribution in [0.25, 0.3) is 11.0 Å². The maximum atomic E-state index is 10.8. The fourth-order valence-electron chi connectivity index (χ4n) is 4.49. The van der Waals surface area contributed by atoms with Crippen LogP contribution >= 0.6 is 0 Å². The summed E-state index contributed by atoms with van der Waals surface area (Å²) in [5, 5.41) is 22.5. The average Bonchev–Trinajstić information content (AvgIpc) is 3.26. The number of nitrogens with zero attached hydrogens (tertiary/aromatic N) is 2. The molecule has 5 unspecified atom stereocenters. The van der Waals surface area contributed by atoms with Crippen LogP contribution in [0, 0.1) is 6.92 Å². The van der Waals surface area contributed by atoms with Gasteiger partial charge in [-0.25, -0.2) is 4.98 Å². The second kappa shape index (κ2) is 7.02. The summed E-state index contributed by atoms with van der Waals surface area (Å²) in [4.78, 5) is 4.48. The van der Waals surface area contributed by atoms with E-state index in [9.17, 15) is 10.2 Å². The lowest BCUT2D eigenvalue weighted by atomic mass is 10.0. The number of aromatic nitrogens is 2. The molecule has 1 saturated carbocycles. The van der Waals surface area contributed by atoms with Crippen molar-refractivity contribution in [2.24, 2.45) is 5.73 Å². The van der Waals surface area contributed by atoms with E-state index in [-0.39, 0.29) is 12.1 Å². The van der Waals surface area contributed by atoms with Crippen LogP contribution in [-0.4, -0.2) is 50.7 Å². The van der Waals surface area contributed by atoms with Crippen molar-refractivity contribution in [2.75, 3.05) is 6.61 Å². The van der Waals surface area contributed by atoms with Crippen LogP contribution in [0.5, 0.6) is 11.5 Å². The van der Waals surface area contributed by atoms with Crippen LogP contribution < -0.4 is 15.2 Å². The number of pyridine rings is 1. The first-order chi connectivity index (χ1) is 14.0. The van der Waals surface area contributed by atoms with Crippen molar-refractivity contribution in [2.45, 2.75) is 50.2 Å². The van der Waals surface area contributed by atoms with Gasteiger partial charge < -0.3 is 30.0 Å². The minimum absolute atomic E-state index is 0.0837. The summed E-state index contributed by atoms with van der Waals surface area (Å²) in [6, 6.07) is 9.19. The van der Waals surface area contributed by atoms with E-state index in [1.807, 2.05) is 48.0 Å². The predicted molar refractivity (Wildman–Crippen MR) is 108 cm³/mol. The Bertz CT molecular complexity index is 1050. The fourth-order valence-corrected chi connectivity index (χ4v) is 4.49. The topological polar surface area (TPSA) is 103 Å². The molecule has 2 aromatic heterocycles. The zero-order valence-electron chi connectivity index (χ0n) is 16.2. The van der Waals surface area contributed by atoms with Gasteiger partial charge in [0.1, 0.15) is 42.1 Å². The minimum Gasteiger partial charge on any atom is -0.492 e. The molecule has 7 heteroatoms. The number of aryl methyl sites for hydroxylation is 1. The lowest BCUT2D eigenvalue weighted by Crippen LogP contribution is -2.36. The lowest BCUT2D eigenvalue weighted by molar-refractivity contribution is -0.0167. The van der Waals surface area contributed by atoms with E-state index in [0.29, 0.717) is 25.2 Å². The van der Waals surface area contributed by atoms with Gasteiger partial charge in [-0.3, -0.25) is 0 Å². The Labute approximate surface area is 168 Å². The summed E-state index contributed by atoms with van der Waals surface area (Å²) >= 11 is 0. The molecule has 3 heterocycles. The Morgan fingerprint density at radius 2 is 2.07 bits per heavy atom. The van der Waals surface area contributed by atoms with Crippen molar-refractivity contribution in [1.29, 1.82) is 0 Å². The number of aliphatic hydroxyl groups excluding tert-OH is 2. The third-order valence-corrected chi connectivity index (χ3v) is 6.08. The number of hydrogen-bond acceptors (Lipinski definition) is 6. The molecule has 1 fully saturated rings. The standard InChI is InChI=1S/C22H25N3O4/c1-12-5-7-24-22-14(12)6-8-25(22)16-10-19(21(27)20(16)26)29-18-4-2-3-17-15(18)9-13(23)11-28-17/h2-8,13,16,19-21,26-27H,9-11,23H2,1H3. The number of rotatable bonds is 3. The highest BCUT2D eigenvalue weighted by Crippen LogP contribution is 2.39. The van der Waals surface area contributed by atoms with Crippen LogP contribution in [0.4, 0.5) is 0 Å². The fraction of sp³-hybridized carbons (Fsp3) is 0.409. The molecule has 152 valence electrons. The quantitative estimate of drug-likeness (QED) is 0.624. The second-order valence-electron chi connectivity index (χ2n) is 8.04. The van der Waals surface area contributed by atoms with Gasteiger partial charge in [-0.1, -0.05) is 6.07 Å². The van der Waals surface area contributed by atoms with E-state index in [1.165, 1.54) is 0 Å². The summed E-state index contributed by atoms with van der Waals surface area (Å²) < 4.78 is 13.8. The summed E-state index contributed by atoms with van der Waals surface area (Å²) in [6.07, 6.45) is 2.32. The van der Waals surface area contributed by atoms with E-state index < -0.39 is 18.3 Å². The van der Waals surface area contributed by atoms with Crippen molar-refractivity contribution in [3.63, 3.8) is 0 Å². The van der Waals surface area contributed by atoms with Crippen molar-refractivity contribution in [1.82, 2.24) is 9.55 Å². The molecule has 5 atom stereocenters. The first-order valence-corrected chi connectivity index (χ1v) is 9.98. The average molecular weight is 395 g/mol. The first kappa shape index (κ1) is 18.4. The van der Waals surface area contributed by atoms with Gasteiger partial charge in [0.15, 0.2) is 0 Å². The molecule has 0 saturated heterocycles. The molecule has 0 spiro atoms. The normalized spacial score (nSPS) is 28.9. The van der Waals surface area contributed by atoms with Crippen LogP contribution in [-0.2, 0) is 6.42 Å². The Balaban J connectivity index is 1.43. The molecular formula is C22H25N3O4. The zero-order valence-corrected chi connectivity index (χ0v) is 16.2. The highest BCUT2D eigenvalue weighted by molar-refractivity contribution is 5.79. The highest BCUT2D eigenvalue weighted by atomic mass is 16.5. The second-order valence-corrected chi connectivity index (χ2v) is 8.04. The van der Waals surface area contributed by atoms with Crippen LogP contribution in [0.2, 0.25) is 0 Å². The zero-order chi connectivity index (χ0) is 20.1. The molecule has 2 aliphatic rings. The molecule has 7 nitrogen and oxygen atoms in total. The van der Waals surface area contributed by atoms with Gasteiger partial charge >= 0.3 is 0 Å². The number of fused-ring (bicyclic) bond motifs is 2. The Morgan fingerprint density at radius 3 is 2.93 bits per heavy atom. The van der Waals surface area contributed by atoms with Gasteiger partial charge in [-0.2, -0.15) is 0 Å². The summed E-state index contributed by atoms with van der Waals surface area (Å²) in [7, 11) is 0. The van der Waals surface area contributed by atoms with Gasteiger partial charge in [0.05, 0.1) is 6.04 Å². The van der Waals surface area contributed by atoms with E-state index >= 15 is 0 Å². The Hall–Kier alpha value is -2.61. The van der Waals surface area contributed by atoms with E-state index in [1.54, 1.807) is 6.20 Å². The molecule has 5 rings (SSSR count). The molecule has 4 N–H and O–H groups in total. The van der Waals surface area contributed by atoms with E-state index in [4.69, 9.17) is 15.2 Å². The van der Waals surface area contributed by atoms with Crippen LogP contribution in [0.3, 0.4) is 0 Å². The van der Waals surface area contributed by atoms with Crippen molar-refractivity contribution >= 4 is 11.0 Å². The molecule has 0 bridgehead atoms. The van der Waals surface area contributed by atoms with Crippen molar-refractivity contribution in [3.05, 3.63) is 53.9 Å². The van der Waals surface area contributed by atoms with Gasteiger partial charge in [-0.05, 0) is 43.2 Å². The molecule has 29 heavy (non-hydrogen) atoms. The molecular weight excluding hydrogens is 370 g/mol. The molecule has 0 radical (unpaired) electrons. The Kier molecular flexibility index (Phi) is 4.46. The molecule has 1 aliphatic carbocycles. The number of ether oxygens (including phenoxy) is 2. The van der Waals surface area contributed by atoms with Crippen LogP contribution in [0.15, 0.2) is 42.7 Å². The van der Waals surface area contributed by atoms with E-state index in [0.717, 1.165) is 27.9 Å². The monoisotopic (exact) mass is 395 g/mol. The number of nitrogens with two attached hydrogens (primary N) is 1. The van der Waals surface area contributed by atoms with Crippen molar-refractivity contribution < 1.29 is 19.7 Å². The van der Waals surface area contributed by atoms with Gasteiger partial charge in [-0.15, -0.1) is 0 Å². The summed E-state index contributed by atoms with van der Waals surface area (Å²) in [5.74, 6) is 1.42. The lowest BCUT2D eigenvalue weighted by Gasteiger charge is -2.26. The first-order valence-electron chi connectivity index (χ1n) is 9.98. The van der Waals surface area contributed by atoms with Gasteiger partial charge in [0.2, 0.25) is 0 Å². The van der Waals surface area contributed by atoms with E-state index in [2.05, 4.69) is 4.98 Å².